The molecular weight excluding hydrogens is 687 g/mol. The molecule has 0 bridgehead atoms. The van der Waals surface area contributed by atoms with Crippen molar-refractivity contribution in [3.63, 3.8) is 0 Å². The van der Waals surface area contributed by atoms with Gasteiger partial charge in [0.25, 0.3) is 0 Å². The first-order valence-corrected chi connectivity index (χ1v) is 20.8. The van der Waals surface area contributed by atoms with Crippen LogP contribution in [0.4, 0.5) is 0 Å². The Kier molecular flexibility index (Phi) is 31.7. The Balaban J connectivity index is 4.34. The Morgan fingerprint density at radius 2 is 1.19 bits per heavy atom. The molecule has 0 aliphatic carbocycles. The molecule has 5 N–H and O–H groups in total. The zero-order valence-electron chi connectivity index (χ0n) is 31.9. The van der Waals surface area contributed by atoms with Gasteiger partial charge in [0.15, 0.2) is 6.10 Å². The zero-order valence-corrected chi connectivity index (χ0v) is 32.8. The monoisotopic (exact) mass is 756 g/mol. The third-order valence-electron chi connectivity index (χ3n) is 8.07. The maximum absolute atomic E-state index is 12.4. The summed E-state index contributed by atoms with van der Waals surface area (Å²) in [7, 11) is -4.85. The second-order valence-electron chi connectivity index (χ2n) is 13.6. The summed E-state index contributed by atoms with van der Waals surface area (Å²) < 4.78 is 26.1. The topological polar surface area (TPSA) is 180 Å². The van der Waals surface area contributed by atoms with Crippen LogP contribution in [0.5, 0.6) is 0 Å². The number of esters is 2. The molecule has 52 heavy (non-hydrogen) atoms. The van der Waals surface area contributed by atoms with Gasteiger partial charge in [-0.05, 0) is 38.0 Å². The van der Waals surface area contributed by atoms with E-state index in [0.717, 1.165) is 31.6 Å². The molecule has 0 unspecified atom stereocenters. The van der Waals surface area contributed by atoms with Crippen molar-refractivity contribution in [1.29, 1.82) is 0 Å². The van der Waals surface area contributed by atoms with Crippen LogP contribution in [0.1, 0.15) is 136 Å². The predicted octanol–water partition coefficient (Wildman–Crippen LogP) is 8.11. The zero-order chi connectivity index (χ0) is 38.9. The van der Waals surface area contributed by atoms with Gasteiger partial charge >= 0.3 is 19.8 Å². The highest BCUT2D eigenvalue weighted by Gasteiger charge is 2.23. The molecule has 0 amide bonds. The molecule has 12 heteroatoms. The summed E-state index contributed by atoms with van der Waals surface area (Å²) in [6, 6.07) is 0. The lowest BCUT2D eigenvalue weighted by molar-refractivity contribution is -0.161. The fraction of sp³-hybridized carbons (Fsp3) is 0.700. The van der Waals surface area contributed by atoms with E-state index in [-0.39, 0.29) is 25.7 Å². The number of hydrogen-bond acceptors (Lipinski definition) is 9. The van der Waals surface area contributed by atoms with Crippen LogP contribution in [0.2, 0.25) is 0 Å². The number of ether oxygens (including phenoxy) is 2. The van der Waals surface area contributed by atoms with Crippen LogP contribution in [0.3, 0.4) is 0 Å². The molecular formula is C40H69O11P. The standard InChI is InChI=1S/C40H69O11P/c1-4-5-19-26-35(41)27-21-16-13-14-17-22-28-37(42)38(43)29-24-31-40(45)51-36(33-50-52(46,47)48)32-49-39(44)30-23-18-12-10-8-6-7-9-11-15-20-25-34(2)3/h5,13-14,16-17,19,21-22,27-28,34-38,41-43H,4,6-12,15,18,20,23-26,29-33H2,1-3H3,(H2,46,47,48)/b16-13+,17-14-,19-5-,27-21+,28-22-/t35-,36+,37+,38+/m0/s1. The number of aliphatic hydroxyl groups is 3. The first-order chi connectivity index (χ1) is 24.8. The second-order valence-corrected chi connectivity index (χ2v) is 14.8. The van der Waals surface area contributed by atoms with E-state index >= 15 is 0 Å². The number of phosphoric acid groups is 1. The van der Waals surface area contributed by atoms with E-state index in [0.29, 0.717) is 12.8 Å². The molecule has 0 aliphatic heterocycles. The smallest absolute Gasteiger partial charge is 0.462 e. The molecule has 0 saturated carbocycles. The van der Waals surface area contributed by atoms with Crippen molar-refractivity contribution in [1.82, 2.24) is 0 Å². The van der Waals surface area contributed by atoms with Gasteiger partial charge in [-0.3, -0.25) is 14.1 Å². The molecule has 4 atom stereocenters. The quantitative estimate of drug-likeness (QED) is 0.0144. The minimum absolute atomic E-state index is 0.0853. The summed E-state index contributed by atoms with van der Waals surface area (Å²) in [4.78, 5) is 42.8. The van der Waals surface area contributed by atoms with Crippen molar-refractivity contribution in [2.45, 2.75) is 161 Å². The van der Waals surface area contributed by atoms with Gasteiger partial charge in [0.05, 0.1) is 24.9 Å². The van der Waals surface area contributed by atoms with Crippen molar-refractivity contribution in [2.24, 2.45) is 5.92 Å². The molecule has 0 saturated heterocycles. The van der Waals surface area contributed by atoms with E-state index < -0.39 is 57.4 Å². The van der Waals surface area contributed by atoms with E-state index in [9.17, 15) is 29.5 Å². The Bertz CT molecular complexity index is 1090. The van der Waals surface area contributed by atoms with Crippen LogP contribution in [0, 0.1) is 5.92 Å². The van der Waals surface area contributed by atoms with Crippen molar-refractivity contribution in [3.05, 3.63) is 60.8 Å². The number of unbranched alkanes of at least 4 members (excludes halogenated alkanes) is 10. The molecule has 0 fully saturated rings. The van der Waals surface area contributed by atoms with Gasteiger partial charge in [-0.15, -0.1) is 0 Å². The van der Waals surface area contributed by atoms with E-state index in [1.807, 2.05) is 19.1 Å². The molecule has 0 radical (unpaired) electrons. The highest BCUT2D eigenvalue weighted by Crippen LogP contribution is 2.36. The summed E-state index contributed by atoms with van der Waals surface area (Å²) in [6.45, 7) is 5.49. The molecule has 0 aromatic carbocycles. The SMILES string of the molecule is CC/C=C\C[C@H](O)/C=C/C=C/C=C\C=C/[C@@H](O)[C@H](O)CCCC(=O)O[C@H](COC(=O)CCCCCCCCCCCCCC(C)C)COP(=O)(O)O. The molecule has 0 aromatic heterocycles. The van der Waals surface area contributed by atoms with Gasteiger partial charge in [-0.2, -0.15) is 0 Å². The van der Waals surface area contributed by atoms with Crippen LogP contribution < -0.4 is 0 Å². The van der Waals surface area contributed by atoms with E-state index in [1.54, 1.807) is 42.5 Å². The minimum atomic E-state index is -4.85. The summed E-state index contributed by atoms with van der Waals surface area (Å²) in [6.07, 6.45) is 29.0. The third kappa shape index (κ3) is 34.7. The minimum Gasteiger partial charge on any atom is -0.462 e. The van der Waals surface area contributed by atoms with E-state index in [4.69, 9.17) is 19.3 Å². The first-order valence-electron chi connectivity index (χ1n) is 19.3. The van der Waals surface area contributed by atoms with Gasteiger partial charge in [0.1, 0.15) is 6.61 Å². The third-order valence-corrected chi connectivity index (χ3v) is 8.56. The van der Waals surface area contributed by atoms with Gasteiger partial charge in [0.2, 0.25) is 0 Å². The van der Waals surface area contributed by atoms with Crippen molar-refractivity contribution >= 4 is 19.8 Å². The molecule has 0 aromatic rings. The largest absolute Gasteiger partial charge is 0.469 e. The van der Waals surface area contributed by atoms with Crippen LogP contribution in [0.15, 0.2) is 60.8 Å². The fourth-order valence-electron chi connectivity index (χ4n) is 5.07. The summed E-state index contributed by atoms with van der Waals surface area (Å²) in [5.74, 6) is -0.433. The van der Waals surface area contributed by atoms with Crippen molar-refractivity contribution < 1.29 is 53.3 Å². The maximum atomic E-state index is 12.4. The lowest BCUT2D eigenvalue weighted by Gasteiger charge is -2.19. The normalized spacial score (nSPS) is 15.1. The first kappa shape index (κ1) is 49.6. The number of allylic oxidation sites excluding steroid dienone is 7. The van der Waals surface area contributed by atoms with Crippen LogP contribution in [-0.4, -0.2) is 74.7 Å². The molecule has 300 valence electrons. The van der Waals surface area contributed by atoms with Crippen LogP contribution in [-0.2, 0) is 28.2 Å². The van der Waals surface area contributed by atoms with Crippen molar-refractivity contribution in [3.8, 4) is 0 Å². The van der Waals surface area contributed by atoms with E-state index in [2.05, 4.69) is 18.4 Å². The summed E-state index contributed by atoms with van der Waals surface area (Å²) in [5.41, 5.74) is 0. The number of phosphoric ester groups is 1. The molecule has 0 spiro atoms. The van der Waals surface area contributed by atoms with Crippen LogP contribution in [0.25, 0.3) is 0 Å². The number of carbonyl (C=O) groups is 2. The number of carbonyl (C=O) groups excluding carboxylic acids is 2. The van der Waals surface area contributed by atoms with Crippen LogP contribution >= 0.6 is 7.82 Å². The average molecular weight is 757 g/mol. The van der Waals surface area contributed by atoms with Gasteiger partial charge < -0.3 is 34.6 Å². The average Bonchev–Trinajstić information content (AvgIpc) is 3.08. The Morgan fingerprint density at radius 3 is 1.77 bits per heavy atom. The molecule has 0 rings (SSSR count). The Hall–Kier alpha value is -2.37. The van der Waals surface area contributed by atoms with Crippen molar-refractivity contribution in [2.75, 3.05) is 13.2 Å². The highest BCUT2D eigenvalue weighted by atomic mass is 31.2. The predicted molar refractivity (Wildman–Crippen MR) is 206 cm³/mol. The lowest BCUT2D eigenvalue weighted by atomic mass is 10.0. The van der Waals surface area contributed by atoms with E-state index in [1.165, 1.54) is 57.4 Å². The summed E-state index contributed by atoms with van der Waals surface area (Å²) in [5, 5.41) is 30.2. The molecule has 11 nitrogen and oxygen atoms in total. The maximum Gasteiger partial charge on any atom is 0.469 e. The lowest BCUT2D eigenvalue weighted by Crippen LogP contribution is -2.29. The molecule has 0 heterocycles. The number of aliphatic hydroxyl groups excluding tert-OH is 3. The van der Waals surface area contributed by atoms with Gasteiger partial charge in [-0.25, -0.2) is 4.57 Å². The fourth-order valence-corrected chi connectivity index (χ4v) is 5.44. The molecule has 0 aliphatic rings. The summed E-state index contributed by atoms with van der Waals surface area (Å²) >= 11 is 0. The highest BCUT2D eigenvalue weighted by molar-refractivity contribution is 7.46. The van der Waals surface area contributed by atoms with Gasteiger partial charge in [-0.1, -0.05) is 152 Å². The number of hydrogen-bond donors (Lipinski definition) is 5. The Morgan fingerprint density at radius 1 is 0.654 bits per heavy atom. The number of rotatable bonds is 33. The van der Waals surface area contributed by atoms with Gasteiger partial charge in [0, 0.05) is 12.8 Å². The second kappa shape index (κ2) is 33.2. The Labute approximate surface area is 313 Å².